The third-order valence-corrected chi connectivity index (χ3v) is 3.76. The van der Waals surface area contributed by atoms with Crippen molar-refractivity contribution in [3.05, 3.63) is 72.8 Å². The van der Waals surface area contributed by atoms with Crippen LogP contribution in [0.3, 0.4) is 0 Å². The van der Waals surface area contributed by atoms with Crippen LogP contribution in [0.25, 0.3) is 11.1 Å². The van der Waals surface area contributed by atoms with Crippen molar-refractivity contribution in [3.63, 3.8) is 0 Å². The summed E-state index contributed by atoms with van der Waals surface area (Å²) in [7, 11) is 0. The van der Waals surface area contributed by atoms with Crippen LogP contribution in [-0.4, -0.2) is 18.3 Å². The van der Waals surface area contributed by atoms with Crippen molar-refractivity contribution in [1.82, 2.24) is 0 Å². The van der Waals surface area contributed by atoms with E-state index in [0.717, 1.165) is 47.3 Å². The van der Waals surface area contributed by atoms with Crippen molar-refractivity contribution in [2.45, 2.75) is 19.3 Å². The standard InChI is InChI=1S/C21H25NO2/c1-3-6-16-8-10-20(23)18(14-16)19-15-17(7-4-2)9-11-21(19)24-13-5-12-22/h3-4,8-11,14-15,23H,1-2,5-7,12-13,22H2. The van der Waals surface area contributed by atoms with Crippen molar-refractivity contribution >= 4 is 0 Å². The maximum atomic E-state index is 10.4. The van der Waals surface area contributed by atoms with E-state index in [1.807, 2.05) is 42.5 Å². The van der Waals surface area contributed by atoms with Crippen molar-refractivity contribution in [1.29, 1.82) is 0 Å². The Balaban J connectivity index is 2.47. The van der Waals surface area contributed by atoms with Gasteiger partial charge < -0.3 is 15.6 Å². The fourth-order valence-corrected chi connectivity index (χ4v) is 2.57. The molecule has 0 radical (unpaired) electrons. The average Bonchev–Trinajstić information content (AvgIpc) is 2.58. The number of nitrogens with two attached hydrogens (primary N) is 1. The summed E-state index contributed by atoms with van der Waals surface area (Å²) in [4.78, 5) is 0. The van der Waals surface area contributed by atoms with E-state index in [1.54, 1.807) is 6.07 Å². The van der Waals surface area contributed by atoms with E-state index >= 15 is 0 Å². The van der Waals surface area contributed by atoms with Gasteiger partial charge in [0.2, 0.25) is 0 Å². The lowest BCUT2D eigenvalue weighted by molar-refractivity contribution is 0.314. The first-order valence-corrected chi connectivity index (χ1v) is 8.19. The molecule has 0 unspecified atom stereocenters. The summed E-state index contributed by atoms with van der Waals surface area (Å²) in [6.45, 7) is 8.71. The second-order valence-corrected chi connectivity index (χ2v) is 5.66. The predicted octanol–water partition coefficient (Wildman–Crippen LogP) is 4.24. The lowest BCUT2D eigenvalue weighted by Crippen LogP contribution is -2.06. The van der Waals surface area contributed by atoms with Gasteiger partial charge >= 0.3 is 0 Å². The molecule has 0 aromatic heterocycles. The van der Waals surface area contributed by atoms with Crippen LogP contribution in [0.15, 0.2) is 61.7 Å². The zero-order valence-electron chi connectivity index (χ0n) is 14.0. The number of aromatic hydroxyl groups is 1. The SMILES string of the molecule is C=CCc1ccc(O)c(-c2cc(CC=C)ccc2OCCCN)c1. The Hall–Kier alpha value is -2.52. The quantitative estimate of drug-likeness (QED) is 0.536. The number of phenols is 1. The summed E-state index contributed by atoms with van der Waals surface area (Å²) < 4.78 is 5.88. The topological polar surface area (TPSA) is 55.5 Å². The highest BCUT2D eigenvalue weighted by Crippen LogP contribution is 2.37. The third kappa shape index (κ3) is 4.49. The molecule has 2 aromatic rings. The van der Waals surface area contributed by atoms with E-state index in [9.17, 15) is 5.11 Å². The highest BCUT2D eigenvalue weighted by atomic mass is 16.5. The number of ether oxygens (including phenoxy) is 1. The van der Waals surface area contributed by atoms with Crippen LogP contribution in [0.5, 0.6) is 11.5 Å². The molecular formula is C21H25NO2. The van der Waals surface area contributed by atoms with Crippen LogP contribution in [0, 0.1) is 0 Å². The molecule has 3 nitrogen and oxygen atoms in total. The molecule has 126 valence electrons. The van der Waals surface area contributed by atoms with Crippen LogP contribution in [0.1, 0.15) is 17.5 Å². The lowest BCUT2D eigenvalue weighted by atomic mass is 9.97. The van der Waals surface area contributed by atoms with Crippen molar-refractivity contribution < 1.29 is 9.84 Å². The third-order valence-electron chi connectivity index (χ3n) is 3.76. The summed E-state index contributed by atoms with van der Waals surface area (Å²) in [5.74, 6) is 0.990. The molecule has 3 heteroatoms. The molecule has 0 heterocycles. The van der Waals surface area contributed by atoms with Gasteiger partial charge in [-0.2, -0.15) is 0 Å². The number of rotatable bonds is 9. The minimum atomic E-state index is 0.238. The molecule has 24 heavy (non-hydrogen) atoms. The molecule has 2 rings (SSSR count). The Morgan fingerprint density at radius 2 is 1.58 bits per heavy atom. The maximum absolute atomic E-state index is 10.4. The Kier molecular flexibility index (Phi) is 6.64. The van der Waals surface area contributed by atoms with Gasteiger partial charge in [-0.25, -0.2) is 0 Å². The molecule has 0 aliphatic rings. The van der Waals surface area contributed by atoms with Gasteiger partial charge in [0.15, 0.2) is 0 Å². The second kappa shape index (κ2) is 8.94. The fraction of sp³-hybridized carbons (Fsp3) is 0.238. The number of hydrogen-bond donors (Lipinski definition) is 2. The molecule has 0 saturated heterocycles. The molecule has 0 fully saturated rings. The van der Waals surface area contributed by atoms with E-state index in [-0.39, 0.29) is 5.75 Å². The van der Waals surface area contributed by atoms with Gasteiger partial charge in [0.1, 0.15) is 11.5 Å². The Morgan fingerprint density at radius 1 is 0.958 bits per heavy atom. The van der Waals surface area contributed by atoms with Crippen LogP contribution in [-0.2, 0) is 12.8 Å². The van der Waals surface area contributed by atoms with Gasteiger partial charge in [0.05, 0.1) is 6.61 Å². The normalized spacial score (nSPS) is 10.4. The molecule has 0 spiro atoms. The highest BCUT2D eigenvalue weighted by molar-refractivity contribution is 5.76. The van der Waals surface area contributed by atoms with E-state index in [0.29, 0.717) is 13.2 Å². The molecule has 2 aromatic carbocycles. The lowest BCUT2D eigenvalue weighted by Gasteiger charge is -2.15. The van der Waals surface area contributed by atoms with Crippen molar-refractivity contribution in [2.24, 2.45) is 5.73 Å². The summed E-state index contributed by atoms with van der Waals surface area (Å²) >= 11 is 0. The summed E-state index contributed by atoms with van der Waals surface area (Å²) in [6.07, 6.45) is 6.02. The number of benzene rings is 2. The first-order valence-electron chi connectivity index (χ1n) is 8.19. The fourth-order valence-electron chi connectivity index (χ4n) is 2.57. The van der Waals surface area contributed by atoms with Gasteiger partial charge in [-0.1, -0.05) is 24.3 Å². The van der Waals surface area contributed by atoms with Crippen LogP contribution < -0.4 is 10.5 Å². The van der Waals surface area contributed by atoms with Crippen LogP contribution in [0.2, 0.25) is 0 Å². The first kappa shape index (κ1) is 17.8. The van der Waals surface area contributed by atoms with Crippen LogP contribution in [0.4, 0.5) is 0 Å². The molecule has 0 saturated carbocycles. The predicted molar refractivity (Wildman–Crippen MR) is 101 cm³/mol. The Labute approximate surface area is 144 Å². The molecule has 3 N–H and O–H groups in total. The highest BCUT2D eigenvalue weighted by Gasteiger charge is 2.12. The monoisotopic (exact) mass is 323 g/mol. The average molecular weight is 323 g/mol. The van der Waals surface area contributed by atoms with E-state index in [1.165, 1.54) is 0 Å². The zero-order chi connectivity index (χ0) is 17.4. The van der Waals surface area contributed by atoms with Crippen LogP contribution >= 0.6 is 0 Å². The molecule has 0 aliphatic heterocycles. The van der Waals surface area contributed by atoms with E-state index < -0.39 is 0 Å². The Bertz CT molecular complexity index is 707. The molecular weight excluding hydrogens is 298 g/mol. The van der Waals surface area contributed by atoms with Crippen molar-refractivity contribution in [3.8, 4) is 22.6 Å². The molecule has 0 atom stereocenters. The zero-order valence-corrected chi connectivity index (χ0v) is 14.0. The first-order chi connectivity index (χ1) is 11.7. The molecule has 0 amide bonds. The number of hydrogen-bond acceptors (Lipinski definition) is 3. The van der Waals surface area contributed by atoms with Gasteiger partial charge in [-0.05, 0) is 61.2 Å². The van der Waals surface area contributed by atoms with Gasteiger partial charge in [0.25, 0.3) is 0 Å². The maximum Gasteiger partial charge on any atom is 0.127 e. The van der Waals surface area contributed by atoms with Gasteiger partial charge in [-0.3, -0.25) is 0 Å². The smallest absolute Gasteiger partial charge is 0.127 e. The van der Waals surface area contributed by atoms with E-state index in [4.69, 9.17) is 10.5 Å². The number of allylic oxidation sites excluding steroid dienone is 2. The minimum Gasteiger partial charge on any atom is -0.507 e. The van der Waals surface area contributed by atoms with Gasteiger partial charge in [0, 0.05) is 11.1 Å². The minimum absolute atomic E-state index is 0.238. The molecule has 0 aliphatic carbocycles. The molecule has 0 bridgehead atoms. The Morgan fingerprint density at radius 3 is 2.21 bits per heavy atom. The van der Waals surface area contributed by atoms with Crippen molar-refractivity contribution in [2.75, 3.05) is 13.2 Å². The second-order valence-electron chi connectivity index (χ2n) is 5.66. The van der Waals surface area contributed by atoms with Gasteiger partial charge in [-0.15, -0.1) is 13.2 Å². The summed E-state index contributed by atoms with van der Waals surface area (Å²) in [5.41, 5.74) is 9.41. The number of phenolic OH excluding ortho intramolecular Hbond substituents is 1. The van der Waals surface area contributed by atoms with E-state index in [2.05, 4.69) is 13.2 Å². The summed E-state index contributed by atoms with van der Waals surface area (Å²) in [6, 6.07) is 11.6. The largest absolute Gasteiger partial charge is 0.507 e. The summed E-state index contributed by atoms with van der Waals surface area (Å²) in [5, 5.41) is 10.4.